The minimum absolute atomic E-state index is 0.00678. The molecule has 2 aromatic carbocycles. The zero-order valence-electron chi connectivity index (χ0n) is 19.0. The maximum absolute atomic E-state index is 13.5. The SMILES string of the molecule is Cc1cccc(NC(=O)CN2C(=O)C3CCCCN3c3ccc(C(=O)N4CCCC4)cc32)c1. The van der Waals surface area contributed by atoms with E-state index in [0.29, 0.717) is 16.9 Å². The molecule has 1 atom stereocenters. The van der Waals surface area contributed by atoms with Crippen molar-refractivity contribution in [2.24, 2.45) is 0 Å². The lowest BCUT2D eigenvalue weighted by Gasteiger charge is -2.45. The molecule has 7 heteroatoms. The van der Waals surface area contributed by atoms with E-state index in [1.54, 1.807) is 11.0 Å². The van der Waals surface area contributed by atoms with Gasteiger partial charge in [0.1, 0.15) is 12.6 Å². The van der Waals surface area contributed by atoms with Gasteiger partial charge in [-0.3, -0.25) is 19.3 Å². The molecule has 0 aliphatic carbocycles. The Kier molecular flexibility index (Phi) is 5.79. The first-order valence-electron chi connectivity index (χ1n) is 11.9. The summed E-state index contributed by atoms with van der Waals surface area (Å²) in [5, 5.41) is 2.91. The highest BCUT2D eigenvalue weighted by molar-refractivity contribution is 6.11. The molecule has 3 amide bonds. The number of nitrogens with zero attached hydrogens (tertiary/aromatic N) is 3. The third kappa shape index (κ3) is 4.19. The fourth-order valence-electron chi connectivity index (χ4n) is 5.22. The lowest BCUT2D eigenvalue weighted by molar-refractivity contribution is -0.123. The predicted molar refractivity (Wildman–Crippen MR) is 129 cm³/mol. The molecular formula is C26H30N4O3. The van der Waals surface area contributed by atoms with Crippen molar-refractivity contribution < 1.29 is 14.4 Å². The third-order valence-corrected chi connectivity index (χ3v) is 6.87. The highest BCUT2D eigenvalue weighted by Gasteiger charge is 2.40. The molecule has 0 saturated carbocycles. The normalized spacial score (nSPS) is 19.8. The Labute approximate surface area is 194 Å². The Balaban J connectivity index is 1.46. The van der Waals surface area contributed by atoms with Gasteiger partial charge in [0.15, 0.2) is 0 Å². The number of hydrogen-bond donors (Lipinski definition) is 1. The highest BCUT2D eigenvalue weighted by Crippen LogP contribution is 2.40. The van der Waals surface area contributed by atoms with Crippen LogP contribution in [0.2, 0.25) is 0 Å². The van der Waals surface area contributed by atoms with E-state index in [1.807, 2.05) is 48.2 Å². The monoisotopic (exact) mass is 446 g/mol. The molecule has 3 heterocycles. The molecule has 2 saturated heterocycles. The van der Waals surface area contributed by atoms with E-state index in [4.69, 9.17) is 0 Å². The van der Waals surface area contributed by atoms with Crippen molar-refractivity contribution in [3.8, 4) is 0 Å². The smallest absolute Gasteiger partial charge is 0.253 e. The van der Waals surface area contributed by atoms with Gasteiger partial charge in [0.2, 0.25) is 11.8 Å². The largest absolute Gasteiger partial charge is 0.358 e. The second kappa shape index (κ2) is 8.89. The Morgan fingerprint density at radius 2 is 1.76 bits per heavy atom. The zero-order valence-corrected chi connectivity index (χ0v) is 19.0. The van der Waals surface area contributed by atoms with Crippen LogP contribution in [0.3, 0.4) is 0 Å². The van der Waals surface area contributed by atoms with Crippen molar-refractivity contribution in [1.29, 1.82) is 0 Å². The van der Waals surface area contributed by atoms with Crippen molar-refractivity contribution in [3.63, 3.8) is 0 Å². The minimum Gasteiger partial charge on any atom is -0.358 e. The molecular weight excluding hydrogens is 416 g/mol. The average molecular weight is 447 g/mol. The van der Waals surface area contributed by atoms with Crippen LogP contribution in [0, 0.1) is 6.92 Å². The standard InChI is InChI=1S/C26H30N4O3/c1-18-7-6-8-20(15-18)27-24(31)17-30-23-16-19(25(32)28-12-4-5-13-28)10-11-21(23)29-14-3-2-9-22(29)26(30)33/h6-8,10-11,15-16,22H,2-5,9,12-14,17H2,1H3,(H,27,31). The summed E-state index contributed by atoms with van der Waals surface area (Å²) in [6, 6.07) is 13.0. The molecule has 0 aromatic heterocycles. The number of rotatable bonds is 4. The number of piperidine rings is 1. The molecule has 1 unspecified atom stereocenters. The quantitative estimate of drug-likeness (QED) is 0.779. The van der Waals surface area contributed by atoms with Crippen LogP contribution >= 0.6 is 0 Å². The molecule has 33 heavy (non-hydrogen) atoms. The van der Waals surface area contributed by atoms with E-state index in [2.05, 4.69) is 10.2 Å². The summed E-state index contributed by atoms with van der Waals surface area (Å²) in [7, 11) is 0. The summed E-state index contributed by atoms with van der Waals surface area (Å²) in [5.41, 5.74) is 3.92. The Bertz CT molecular complexity index is 1090. The third-order valence-electron chi connectivity index (χ3n) is 6.87. The van der Waals surface area contributed by atoms with E-state index in [-0.39, 0.29) is 30.3 Å². The molecule has 3 aliphatic heterocycles. The number of hydrogen-bond acceptors (Lipinski definition) is 4. The van der Waals surface area contributed by atoms with Gasteiger partial charge in [-0.15, -0.1) is 0 Å². The Hall–Kier alpha value is -3.35. The summed E-state index contributed by atoms with van der Waals surface area (Å²) in [4.78, 5) is 45.1. The predicted octanol–water partition coefficient (Wildman–Crippen LogP) is 3.58. The molecule has 0 spiro atoms. The van der Waals surface area contributed by atoms with Gasteiger partial charge >= 0.3 is 0 Å². The van der Waals surface area contributed by atoms with E-state index in [1.165, 1.54) is 0 Å². The highest BCUT2D eigenvalue weighted by atomic mass is 16.2. The van der Waals surface area contributed by atoms with Crippen LogP contribution in [0.15, 0.2) is 42.5 Å². The van der Waals surface area contributed by atoms with E-state index in [0.717, 1.165) is 63.0 Å². The van der Waals surface area contributed by atoms with Crippen molar-refractivity contribution in [2.75, 3.05) is 41.3 Å². The number of aryl methyl sites for hydroxylation is 1. The molecule has 1 N–H and O–H groups in total. The van der Waals surface area contributed by atoms with Gasteiger partial charge in [0.05, 0.1) is 11.4 Å². The van der Waals surface area contributed by atoms with Crippen LogP contribution in [0.25, 0.3) is 0 Å². The first-order chi connectivity index (χ1) is 16.0. The van der Waals surface area contributed by atoms with Crippen LogP contribution in [-0.2, 0) is 9.59 Å². The molecule has 172 valence electrons. The molecule has 0 bridgehead atoms. The van der Waals surface area contributed by atoms with Crippen LogP contribution in [0.4, 0.5) is 17.1 Å². The average Bonchev–Trinajstić information content (AvgIpc) is 3.36. The van der Waals surface area contributed by atoms with E-state index >= 15 is 0 Å². The summed E-state index contributed by atoms with van der Waals surface area (Å²) in [5.74, 6) is -0.319. The summed E-state index contributed by atoms with van der Waals surface area (Å²) in [6.45, 7) is 4.24. The van der Waals surface area contributed by atoms with Gasteiger partial charge in [0.25, 0.3) is 5.91 Å². The van der Waals surface area contributed by atoms with Gasteiger partial charge in [-0.1, -0.05) is 12.1 Å². The number of amides is 3. The molecule has 0 radical (unpaired) electrons. The molecule has 7 nitrogen and oxygen atoms in total. The number of carbonyl (C=O) groups is 3. The zero-order chi connectivity index (χ0) is 22.9. The van der Waals surface area contributed by atoms with E-state index < -0.39 is 0 Å². The maximum atomic E-state index is 13.5. The number of benzene rings is 2. The summed E-state index contributed by atoms with van der Waals surface area (Å²) < 4.78 is 0. The van der Waals surface area contributed by atoms with Gasteiger partial charge in [-0.2, -0.15) is 0 Å². The lowest BCUT2D eigenvalue weighted by Crippen LogP contribution is -2.56. The molecule has 2 fully saturated rings. The molecule has 5 rings (SSSR count). The number of nitrogens with one attached hydrogen (secondary N) is 1. The van der Waals surface area contributed by atoms with Gasteiger partial charge in [-0.25, -0.2) is 0 Å². The Morgan fingerprint density at radius 1 is 0.970 bits per heavy atom. The number of likely N-dealkylation sites (tertiary alicyclic amines) is 1. The van der Waals surface area contributed by atoms with Crippen LogP contribution < -0.4 is 15.1 Å². The van der Waals surface area contributed by atoms with Gasteiger partial charge < -0.3 is 15.1 Å². The second-order valence-corrected chi connectivity index (χ2v) is 9.25. The lowest BCUT2D eigenvalue weighted by atomic mass is 9.95. The van der Waals surface area contributed by atoms with Crippen molar-refractivity contribution in [2.45, 2.75) is 45.1 Å². The fraction of sp³-hybridized carbons (Fsp3) is 0.423. The summed E-state index contributed by atoms with van der Waals surface area (Å²) >= 11 is 0. The van der Waals surface area contributed by atoms with Crippen molar-refractivity contribution in [1.82, 2.24) is 4.90 Å². The van der Waals surface area contributed by atoms with Crippen molar-refractivity contribution >= 4 is 34.8 Å². The van der Waals surface area contributed by atoms with Gasteiger partial charge in [-0.05, 0) is 74.9 Å². The van der Waals surface area contributed by atoms with Crippen molar-refractivity contribution in [3.05, 3.63) is 53.6 Å². The summed E-state index contributed by atoms with van der Waals surface area (Å²) in [6.07, 6.45) is 4.86. The number of carbonyl (C=O) groups excluding carboxylic acids is 3. The fourth-order valence-corrected chi connectivity index (χ4v) is 5.22. The van der Waals surface area contributed by atoms with Crippen LogP contribution in [0.5, 0.6) is 0 Å². The first kappa shape index (κ1) is 21.5. The topological polar surface area (TPSA) is 73.0 Å². The van der Waals surface area contributed by atoms with E-state index in [9.17, 15) is 14.4 Å². The van der Waals surface area contributed by atoms with Gasteiger partial charge in [0, 0.05) is 30.9 Å². The maximum Gasteiger partial charge on any atom is 0.253 e. The first-order valence-corrected chi connectivity index (χ1v) is 11.9. The van der Waals surface area contributed by atoms with Crippen LogP contribution in [0.1, 0.15) is 48.0 Å². The van der Waals surface area contributed by atoms with Crippen LogP contribution in [-0.4, -0.2) is 54.8 Å². The molecule has 2 aromatic rings. The molecule has 3 aliphatic rings. The minimum atomic E-state index is -0.252. The number of anilines is 3. The Morgan fingerprint density at radius 3 is 2.55 bits per heavy atom. The second-order valence-electron chi connectivity index (χ2n) is 9.25. The number of fused-ring (bicyclic) bond motifs is 3.